The molecule has 0 aromatic carbocycles. The molecule has 0 heterocycles. The van der Waals surface area contributed by atoms with E-state index in [-0.39, 0.29) is 13.0 Å². The maximum Gasteiger partial charge on any atom is 0.472 e. The maximum absolute atomic E-state index is 12.9. The zero-order valence-electron chi connectivity index (χ0n) is 43.4. The number of carbonyl (C=O) groups is 1. The number of esters is 1. The van der Waals surface area contributed by atoms with Gasteiger partial charge in [-0.15, -0.1) is 0 Å². The molecule has 0 bridgehead atoms. The van der Waals surface area contributed by atoms with Crippen molar-refractivity contribution >= 4 is 13.8 Å². The summed E-state index contributed by atoms with van der Waals surface area (Å²) in [6.07, 6.45) is 42.4. The van der Waals surface area contributed by atoms with E-state index in [1.807, 2.05) is 0 Å². The van der Waals surface area contributed by atoms with Crippen molar-refractivity contribution in [2.75, 3.05) is 19.8 Å². The molecule has 1 aliphatic carbocycles. The number of phosphoric acid groups is 1. The average molecular weight is 989 g/mol. The van der Waals surface area contributed by atoms with Crippen molar-refractivity contribution < 1.29 is 58.3 Å². The Bertz CT molecular complexity index is 1220. The first kappa shape index (κ1) is 64.8. The molecular formula is C55H105O12P. The lowest BCUT2D eigenvalue weighted by atomic mass is 9.85. The summed E-state index contributed by atoms with van der Waals surface area (Å²) in [7, 11) is -5.02. The number of allylic oxidation sites excluding steroid dienone is 4. The van der Waals surface area contributed by atoms with E-state index in [2.05, 4.69) is 38.2 Å². The number of carbonyl (C=O) groups excluding carboxylic acids is 1. The van der Waals surface area contributed by atoms with Crippen LogP contribution < -0.4 is 0 Å². The van der Waals surface area contributed by atoms with Crippen LogP contribution in [0.2, 0.25) is 0 Å². The number of hydrogen-bond acceptors (Lipinski definition) is 11. The molecule has 0 saturated heterocycles. The Kier molecular flexibility index (Phi) is 43.5. The van der Waals surface area contributed by atoms with Crippen LogP contribution in [0.3, 0.4) is 0 Å². The number of rotatable bonds is 49. The normalized spacial score (nSPS) is 21.2. The van der Waals surface area contributed by atoms with Crippen LogP contribution in [0.15, 0.2) is 24.3 Å². The number of phosphoric ester groups is 1. The van der Waals surface area contributed by atoms with E-state index in [1.165, 1.54) is 173 Å². The van der Waals surface area contributed by atoms with Crippen LogP contribution in [0.1, 0.15) is 258 Å². The van der Waals surface area contributed by atoms with Crippen LogP contribution in [0.4, 0.5) is 0 Å². The van der Waals surface area contributed by atoms with E-state index < -0.39 is 63.1 Å². The maximum atomic E-state index is 12.9. The third kappa shape index (κ3) is 36.7. The highest BCUT2D eigenvalue weighted by molar-refractivity contribution is 7.47. The van der Waals surface area contributed by atoms with Gasteiger partial charge in [0.2, 0.25) is 0 Å². The predicted molar refractivity (Wildman–Crippen MR) is 276 cm³/mol. The van der Waals surface area contributed by atoms with E-state index >= 15 is 0 Å². The minimum atomic E-state index is -5.02. The molecule has 0 amide bonds. The van der Waals surface area contributed by atoms with Crippen LogP contribution in [0, 0.1) is 0 Å². The highest BCUT2D eigenvalue weighted by Crippen LogP contribution is 2.47. The Morgan fingerprint density at radius 2 is 0.824 bits per heavy atom. The van der Waals surface area contributed by atoms with Gasteiger partial charge in [0.1, 0.15) is 42.7 Å². The minimum absolute atomic E-state index is 0.0762. The van der Waals surface area contributed by atoms with Gasteiger partial charge in [0.25, 0.3) is 0 Å². The molecule has 0 aliphatic heterocycles. The van der Waals surface area contributed by atoms with Crippen LogP contribution in [-0.4, -0.2) is 98.9 Å². The molecule has 402 valence electrons. The number of aliphatic hydroxyl groups excluding tert-OH is 5. The second-order valence-corrected chi connectivity index (χ2v) is 21.2. The van der Waals surface area contributed by atoms with Gasteiger partial charge >= 0.3 is 13.8 Å². The summed E-state index contributed by atoms with van der Waals surface area (Å²) in [5, 5.41) is 50.4. The molecule has 13 heteroatoms. The third-order valence-corrected chi connectivity index (χ3v) is 14.3. The van der Waals surface area contributed by atoms with Gasteiger partial charge in [-0.25, -0.2) is 4.57 Å². The molecule has 1 rings (SSSR count). The summed E-state index contributed by atoms with van der Waals surface area (Å²) >= 11 is 0. The molecule has 6 N–H and O–H groups in total. The molecule has 6 unspecified atom stereocenters. The Labute approximate surface area is 415 Å². The molecule has 12 nitrogen and oxygen atoms in total. The quantitative estimate of drug-likeness (QED) is 0.0146. The first-order valence-electron chi connectivity index (χ1n) is 28.2. The smallest absolute Gasteiger partial charge is 0.457 e. The van der Waals surface area contributed by atoms with Crippen molar-refractivity contribution in [1.82, 2.24) is 0 Å². The largest absolute Gasteiger partial charge is 0.472 e. The van der Waals surface area contributed by atoms with E-state index in [1.54, 1.807) is 0 Å². The Morgan fingerprint density at radius 3 is 1.25 bits per heavy atom. The van der Waals surface area contributed by atoms with Gasteiger partial charge in [-0.3, -0.25) is 13.8 Å². The molecule has 1 saturated carbocycles. The number of hydrogen-bond donors (Lipinski definition) is 6. The summed E-state index contributed by atoms with van der Waals surface area (Å²) < 4.78 is 34.4. The Hall–Kier alpha value is -1.18. The molecule has 1 fully saturated rings. The first-order chi connectivity index (χ1) is 33.0. The highest BCUT2D eigenvalue weighted by atomic mass is 31.2. The number of unbranched alkanes of at least 4 members (excludes halogenated alkanes) is 33. The van der Waals surface area contributed by atoms with Gasteiger partial charge in [-0.2, -0.15) is 0 Å². The summed E-state index contributed by atoms with van der Waals surface area (Å²) in [5.41, 5.74) is 0. The minimum Gasteiger partial charge on any atom is -0.457 e. The lowest BCUT2D eigenvalue weighted by Crippen LogP contribution is -2.64. The molecule has 0 aromatic rings. The molecule has 0 spiro atoms. The second-order valence-electron chi connectivity index (χ2n) is 19.8. The SMILES string of the molecule is CCCCCC/C=C\C/C=C\CCCCCCCCCCOCC(COP(=O)(O)OC1C(O)C(O)C(O)C(O)C1O)OC(=O)CCCCCCCCCCCCCCCCCCCCCCCC. The Morgan fingerprint density at radius 1 is 0.471 bits per heavy atom. The lowest BCUT2D eigenvalue weighted by Gasteiger charge is -2.41. The van der Waals surface area contributed by atoms with E-state index in [0.29, 0.717) is 13.0 Å². The number of aliphatic hydroxyl groups is 5. The summed E-state index contributed by atoms with van der Waals surface area (Å²) in [6, 6.07) is 0. The van der Waals surface area contributed by atoms with Crippen LogP contribution in [-0.2, 0) is 27.9 Å². The third-order valence-electron chi connectivity index (χ3n) is 13.3. The van der Waals surface area contributed by atoms with Crippen molar-refractivity contribution in [1.29, 1.82) is 0 Å². The standard InChI is InChI=1S/C55H105O12P/c1-3-5-7-9-11-13-15-17-19-21-23-24-25-26-28-30-32-34-36-38-40-42-44-49(56)66-48(47-65-68(62,63)67-55-53(60)51(58)50(57)52(59)54(55)61)46-64-45-43-41-39-37-35-33-31-29-27-22-20-18-16-14-12-10-8-6-4-2/h14,16,20,22,48,50-55,57-61H,3-13,15,17-19,21,23-47H2,1-2H3,(H,62,63)/b16-14-,22-20-. The zero-order valence-corrected chi connectivity index (χ0v) is 44.3. The fourth-order valence-electron chi connectivity index (χ4n) is 8.86. The summed E-state index contributed by atoms with van der Waals surface area (Å²) in [4.78, 5) is 23.3. The molecule has 1 aliphatic rings. The van der Waals surface area contributed by atoms with Gasteiger partial charge in [-0.05, 0) is 44.9 Å². The van der Waals surface area contributed by atoms with Gasteiger partial charge in [-0.1, -0.05) is 231 Å². The van der Waals surface area contributed by atoms with Crippen LogP contribution >= 0.6 is 7.82 Å². The van der Waals surface area contributed by atoms with E-state index in [4.69, 9.17) is 18.5 Å². The lowest BCUT2D eigenvalue weighted by molar-refractivity contribution is -0.220. The van der Waals surface area contributed by atoms with Crippen molar-refractivity contribution in [2.24, 2.45) is 0 Å². The molecule has 68 heavy (non-hydrogen) atoms. The monoisotopic (exact) mass is 989 g/mol. The molecule has 0 aromatic heterocycles. The van der Waals surface area contributed by atoms with E-state index in [0.717, 1.165) is 57.8 Å². The number of ether oxygens (including phenoxy) is 2. The first-order valence-corrected chi connectivity index (χ1v) is 29.7. The fourth-order valence-corrected chi connectivity index (χ4v) is 9.83. The molecule has 0 radical (unpaired) electrons. The van der Waals surface area contributed by atoms with Gasteiger partial charge in [0, 0.05) is 13.0 Å². The van der Waals surface area contributed by atoms with Crippen molar-refractivity contribution in [2.45, 2.75) is 301 Å². The fraction of sp³-hybridized carbons (Fsp3) is 0.909. The van der Waals surface area contributed by atoms with Crippen molar-refractivity contribution in [3.63, 3.8) is 0 Å². The van der Waals surface area contributed by atoms with Crippen LogP contribution in [0.25, 0.3) is 0 Å². The van der Waals surface area contributed by atoms with E-state index in [9.17, 15) is 39.8 Å². The average Bonchev–Trinajstić information content (AvgIpc) is 3.32. The Balaban J connectivity index is 2.29. The second kappa shape index (κ2) is 45.7. The van der Waals surface area contributed by atoms with Crippen molar-refractivity contribution in [3.05, 3.63) is 24.3 Å². The molecular weight excluding hydrogens is 884 g/mol. The topological polar surface area (TPSA) is 192 Å². The predicted octanol–water partition coefficient (Wildman–Crippen LogP) is 13.2. The van der Waals surface area contributed by atoms with Gasteiger partial charge in [0.15, 0.2) is 0 Å². The summed E-state index contributed by atoms with van der Waals surface area (Å²) in [5.74, 6) is -0.473. The highest BCUT2D eigenvalue weighted by Gasteiger charge is 2.51. The van der Waals surface area contributed by atoms with Gasteiger partial charge in [0.05, 0.1) is 13.2 Å². The zero-order chi connectivity index (χ0) is 49.8. The van der Waals surface area contributed by atoms with Crippen molar-refractivity contribution in [3.8, 4) is 0 Å². The van der Waals surface area contributed by atoms with Gasteiger partial charge < -0.3 is 39.9 Å². The summed E-state index contributed by atoms with van der Waals surface area (Å²) in [6.45, 7) is 4.29. The van der Waals surface area contributed by atoms with Crippen LogP contribution in [0.5, 0.6) is 0 Å². The molecule has 6 atom stereocenters.